The van der Waals surface area contributed by atoms with Crippen molar-refractivity contribution in [1.82, 2.24) is 4.98 Å². The molecular formula is C15H15ClN2. The summed E-state index contributed by atoms with van der Waals surface area (Å²) in [6.07, 6.45) is 2.88. The van der Waals surface area contributed by atoms with Gasteiger partial charge < -0.3 is 4.90 Å². The molecule has 0 aliphatic carbocycles. The minimum atomic E-state index is 0.517. The van der Waals surface area contributed by atoms with Gasteiger partial charge in [0.25, 0.3) is 0 Å². The molecule has 18 heavy (non-hydrogen) atoms. The predicted octanol–water partition coefficient (Wildman–Crippen LogP) is 3.69. The van der Waals surface area contributed by atoms with E-state index < -0.39 is 0 Å². The molecule has 1 unspecified atom stereocenters. The standard InChI is InChI=1S/C15H15ClN2/c1-11-8-12-4-2-3-5-15(12)18(11)10-14-9-13(16)6-7-17-14/h2-7,9,11H,8,10H2,1H3. The van der Waals surface area contributed by atoms with Crippen LogP contribution in [-0.2, 0) is 13.0 Å². The molecule has 2 nitrogen and oxygen atoms in total. The molecular weight excluding hydrogens is 244 g/mol. The normalized spacial score (nSPS) is 17.9. The maximum absolute atomic E-state index is 6.01. The molecule has 0 amide bonds. The van der Waals surface area contributed by atoms with Gasteiger partial charge in [0.1, 0.15) is 0 Å². The van der Waals surface area contributed by atoms with Crippen LogP contribution in [0.1, 0.15) is 18.2 Å². The van der Waals surface area contributed by atoms with E-state index in [-0.39, 0.29) is 0 Å². The number of hydrogen-bond acceptors (Lipinski definition) is 2. The molecule has 1 aliphatic heterocycles. The van der Waals surface area contributed by atoms with Crippen LogP contribution in [0, 0.1) is 0 Å². The van der Waals surface area contributed by atoms with Gasteiger partial charge in [0.15, 0.2) is 0 Å². The topological polar surface area (TPSA) is 16.1 Å². The molecule has 0 N–H and O–H groups in total. The molecule has 1 aromatic carbocycles. The molecule has 2 aromatic rings. The van der Waals surface area contributed by atoms with Crippen molar-refractivity contribution in [3.05, 3.63) is 58.9 Å². The van der Waals surface area contributed by atoms with E-state index in [1.54, 1.807) is 6.20 Å². The van der Waals surface area contributed by atoms with E-state index in [2.05, 4.69) is 41.1 Å². The zero-order chi connectivity index (χ0) is 12.5. The Balaban J connectivity index is 1.89. The Hall–Kier alpha value is -1.54. The van der Waals surface area contributed by atoms with Crippen LogP contribution in [0.15, 0.2) is 42.6 Å². The van der Waals surface area contributed by atoms with Crippen LogP contribution in [0.3, 0.4) is 0 Å². The maximum atomic E-state index is 6.01. The fraction of sp³-hybridized carbons (Fsp3) is 0.267. The van der Waals surface area contributed by atoms with E-state index >= 15 is 0 Å². The Morgan fingerprint density at radius 1 is 1.33 bits per heavy atom. The zero-order valence-electron chi connectivity index (χ0n) is 10.3. The van der Waals surface area contributed by atoms with Crippen molar-refractivity contribution < 1.29 is 0 Å². The lowest BCUT2D eigenvalue weighted by Crippen LogP contribution is -2.28. The lowest BCUT2D eigenvalue weighted by Gasteiger charge is -2.24. The SMILES string of the molecule is CC1Cc2ccccc2N1Cc1cc(Cl)ccn1. The van der Waals surface area contributed by atoms with Gasteiger partial charge in [0.2, 0.25) is 0 Å². The quantitative estimate of drug-likeness (QED) is 0.817. The first-order valence-electron chi connectivity index (χ1n) is 6.19. The van der Waals surface area contributed by atoms with Crippen molar-refractivity contribution in [2.24, 2.45) is 0 Å². The summed E-state index contributed by atoms with van der Waals surface area (Å²) in [5, 5.41) is 0.750. The Labute approximate surface area is 112 Å². The molecule has 0 saturated carbocycles. The summed E-state index contributed by atoms with van der Waals surface area (Å²) >= 11 is 6.01. The highest BCUT2D eigenvalue weighted by Gasteiger charge is 2.25. The van der Waals surface area contributed by atoms with E-state index in [4.69, 9.17) is 11.6 Å². The second kappa shape index (κ2) is 4.62. The number of pyridine rings is 1. The lowest BCUT2D eigenvalue weighted by atomic mass is 10.1. The summed E-state index contributed by atoms with van der Waals surface area (Å²) in [6, 6.07) is 12.9. The first kappa shape index (κ1) is 11.5. The van der Waals surface area contributed by atoms with Crippen molar-refractivity contribution in [3.8, 4) is 0 Å². The maximum Gasteiger partial charge on any atom is 0.0611 e. The second-order valence-electron chi connectivity index (χ2n) is 4.78. The zero-order valence-corrected chi connectivity index (χ0v) is 11.1. The summed E-state index contributed by atoms with van der Waals surface area (Å²) in [6.45, 7) is 3.07. The van der Waals surface area contributed by atoms with Crippen molar-refractivity contribution in [3.63, 3.8) is 0 Å². The highest BCUT2D eigenvalue weighted by molar-refractivity contribution is 6.30. The number of aromatic nitrogens is 1. The lowest BCUT2D eigenvalue weighted by molar-refractivity contribution is 0.665. The molecule has 0 radical (unpaired) electrons. The number of rotatable bonds is 2. The molecule has 92 valence electrons. The number of nitrogens with zero attached hydrogens (tertiary/aromatic N) is 2. The summed E-state index contributed by atoms with van der Waals surface area (Å²) in [4.78, 5) is 6.78. The largest absolute Gasteiger partial charge is 0.362 e. The molecule has 2 heterocycles. The number of hydrogen-bond donors (Lipinski definition) is 0. The monoisotopic (exact) mass is 258 g/mol. The Bertz CT molecular complexity index is 568. The number of anilines is 1. The minimum absolute atomic E-state index is 0.517. The van der Waals surface area contributed by atoms with Gasteiger partial charge in [0, 0.05) is 22.9 Å². The fourth-order valence-corrected chi connectivity index (χ4v) is 2.76. The van der Waals surface area contributed by atoms with Crippen molar-refractivity contribution in [2.75, 3.05) is 4.90 Å². The minimum Gasteiger partial charge on any atom is -0.362 e. The van der Waals surface area contributed by atoms with Gasteiger partial charge in [-0.3, -0.25) is 4.98 Å². The molecule has 1 aliphatic rings. The van der Waals surface area contributed by atoms with Gasteiger partial charge >= 0.3 is 0 Å². The average molecular weight is 259 g/mol. The van der Waals surface area contributed by atoms with Gasteiger partial charge in [-0.1, -0.05) is 29.8 Å². The van der Waals surface area contributed by atoms with E-state index in [0.717, 1.165) is 23.7 Å². The van der Waals surface area contributed by atoms with Gasteiger partial charge in [0.05, 0.1) is 12.2 Å². The summed E-state index contributed by atoms with van der Waals surface area (Å²) in [5.41, 5.74) is 3.77. The Morgan fingerprint density at radius 2 is 2.17 bits per heavy atom. The molecule has 3 heteroatoms. The second-order valence-corrected chi connectivity index (χ2v) is 5.21. The van der Waals surface area contributed by atoms with E-state index in [0.29, 0.717) is 6.04 Å². The van der Waals surface area contributed by atoms with Crippen LogP contribution in [0.2, 0.25) is 5.02 Å². The summed E-state index contributed by atoms with van der Waals surface area (Å²) < 4.78 is 0. The number of halogens is 1. The molecule has 1 aromatic heterocycles. The first-order chi connectivity index (χ1) is 8.74. The van der Waals surface area contributed by atoms with E-state index in [9.17, 15) is 0 Å². The smallest absolute Gasteiger partial charge is 0.0611 e. The molecule has 0 spiro atoms. The number of benzene rings is 1. The third-order valence-electron chi connectivity index (χ3n) is 3.46. The summed E-state index contributed by atoms with van der Waals surface area (Å²) in [7, 11) is 0. The highest BCUT2D eigenvalue weighted by atomic mass is 35.5. The molecule has 0 saturated heterocycles. The third-order valence-corrected chi connectivity index (χ3v) is 3.69. The Morgan fingerprint density at radius 3 is 3.00 bits per heavy atom. The highest BCUT2D eigenvalue weighted by Crippen LogP contribution is 2.32. The number of para-hydroxylation sites is 1. The fourth-order valence-electron chi connectivity index (χ4n) is 2.58. The third kappa shape index (κ3) is 2.08. The molecule has 0 fully saturated rings. The van der Waals surface area contributed by atoms with Crippen LogP contribution < -0.4 is 4.90 Å². The van der Waals surface area contributed by atoms with Crippen LogP contribution in [0.25, 0.3) is 0 Å². The van der Waals surface area contributed by atoms with Gasteiger partial charge in [-0.2, -0.15) is 0 Å². The Kier molecular flexibility index (Phi) is 2.96. The molecule has 0 bridgehead atoms. The van der Waals surface area contributed by atoms with Crippen LogP contribution >= 0.6 is 11.6 Å². The van der Waals surface area contributed by atoms with Gasteiger partial charge in [-0.05, 0) is 37.1 Å². The molecule has 1 atom stereocenters. The van der Waals surface area contributed by atoms with Crippen LogP contribution in [0.5, 0.6) is 0 Å². The van der Waals surface area contributed by atoms with Crippen molar-refractivity contribution in [2.45, 2.75) is 25.9 Å². The van der Waals surface area contributed by atoms with E-state index in [1.165, 1.54) is 11.3 Å². The average Bonchev–Trinajstić information content (AvgIpc) is 2.66. The molecule has 3 rings (SSSR count). The van der Waals surface area contributed by atoms with Crippen molar-refractivity contribution >= 4 is 17.3 Å². The van der Waals surface area contributed by atoms with Gasteiger partial charge in [-0.15, -0.1) is 0 Å². The van der Waals surface area contributed by atoms with E-state index in [1.807, 2.05) is 12.1 Å². The van der Waals surface area contributed by atoms with Gasteiger partial charge in [-0.25, -0.2) is 0 Å². The summed E-state index contributed by atoms with van der Waals surface area (Å²) in [5.74, 6) is 0. The first-order valence-corrected chi connectivity index (χ1v) is 6.57. The van der Waals surface area contributed by atoms with Crippen molar-refractivity contribution in [1.29, 1.82) is 0 Å². The van der Waals surface area contributed by atoms with Crippen LogP contribution in [-0.4, -0.2) is 11.0 Å². The van der Waals surface area contributed by atoms with Crippen LogP contribution in [0.4, 0.5) is 5.69 Å². The number of fused-ring (bicyclic) bond motifs is 1. The predicted molar refractivity (Wildman–Crippen MR) is 75.0 cm³/mol.